The van der Waals surface area contributed by atoms with E-state index in [0.717, 1.165) is 43.4 Å². The highest BCUT2D eigenvalue weighted by molar-refractivity contribution is 5.93. The number of rotatable bonds is 4. The Bertz CT molecular complexity index is 556. The van der Waals surface area contributed by atoms with Gasteiger partial charge in [-0.2, -0.15) is 5.10 Å². The number of nitrogens with zero attached hydrogens (tertiary/aromatic N) is 1. The maximum atomic E-state index is 13.8. The zero-order chi connectivity index (χ0) is 16.3. The molecule has 1 atom stereocenters. The number of amides is 1. The molecule has 3 rings (SSSR count). The minimum Gasteiger partial charge on any atom is -0.351 e. The number of fused-ring (bicyclic) bond motifs is 1. The first-order valence-corrected chi connectivity index (χ1v) is 8.80. The first kappa shape index (κ1) is 16.4. The molecule has 1 amide bonds. The van der Waals surface area contributed by atoms with Gasteiger partial charge in [-0.1, -0.05) is 12.8 Å². The lowest BCUT2D eigenvalue weighted by molar-refractivity contribution is -0.0876. The molecule has 1 aromatic rings. The van der Waals surface area contributed by atoms with Gasteiger partial charge in [0.2, 0.25) is 0 Å². The maximum Gasteiger partial charge on any atom is 0.272 e. The van der Waals surface area contributed by atoms with Crippen molar-refractivity contribution in [2.45, 2.75) is 70.1 Å². The molecule has 6 heteroatoms. The van der Waals surface area contributed by atoms with Crippen LogP contribution >= 0.6 is 0 Å². The highest BCUT2D eigenvalue weighted by Gasteiger charge is 2.40. The predicted octanol–water partition coefficient (Wildman–Crippen LogP) is 3.62. The standard InChI is InChI=1S/C17H25F2N3O/c18-17(19)10-5-4-6-12(17)9-11-20-16(23)15-13-7-2-1-3-8-14(13)21-22-15/h12H,1-11H2,(H,20,23)(H,21,22). The Labute approximate surface area is 135 Å². The van der Waals surface area contributed by atoms with Crippen LogP contribution in [-0.2, 0) is 12.8 Å². The molecule has 1 heterocycles. The number of aromatic amines is 1. The fourth-order valence-electron chi connectivity index (χ4n) is 3.81. The molecule has 23 heavy (non-hydrogen) atoms. The van der Waals surface area contributed by atoms with E-state index in [0.29, 0.717) is 31.5 Å². The number of H-pyrrole nitrogens is 1. The molecule has 2 aliphatic rings. The van der Waals surface area contributed by atoms with Crippen LogP contribution in [0.15, 0.2) is 0 Å². The van der Waals surface area contributed by atoms with E-state index < -0.39 is 11.8 Å². The van der Waals surface area contributed by atoms with Gasteiger partial charge in [-0.3, -0.25) is 9.89 Å². The zero-order valence-corrected chi connectivity index (χ0v) is 13.5. The van der Waals surface area contributed by atoms with Gasteiger partial charge < -0.3 is 5.32 Å². The number of hydrogen-bond acceptors (Lipinski definition) is 2. The number of aromatic nitrogens is 2. The molecular formula is C17H25F2N3O. The first-order valence-electron chi connectivity index (χ1n) is 8.80. The number of carbonyl (C=O) groups excluding carboxylic acids is 1. The van der Waals surface area contributed by atoms with E-state index in [-0.39, 0.29) is 12.3 Å². The van der Waals surface area contributed by atoms with E-state index in [9.17, 15) is 13.6 Å². The molecule has 1 unspecified atom stereocenters. The Morgan fingerprint density at radius 3 is 2.87 bits per heavy atom. The van der Waals surface area contributed by atoms with Crippen molar-refractivity contribution in [1.82, 2.24) is 15.5 Å². The van der Waals surface area contributed by atoms with Crippen molar-refractivity contribution >= 4 is 5.91 Å². The monoisotopic (exact) mass is 325 g/mol. The second-order valence-electron chi connectivity index (χ2n) is 6.84. The van der Waals surface area contributed by atoms with Crippen LogP contribution in [0.3, 0.4) is 0 Å². The Morgan fingerprint density at radius 2 is 2.04 bits per heavy atom. The third kappa shape index (κ3) is 3.72. The summed E-state index contributed by atoms with van der Waals surface area (Å²) in [4.78, 5) is 12.3. The van der Waals surface area contributed by atoms with Crippen LogP contribution in [0.4, 0.5) is 8.78 Å². The molecule has 2 aliphatic carbocycles. The molecule has 128 valence electrons. The van der Waals surface area contributed by atoms with Gasteiger partial charge in [0.25, 0.3) is 11.8 Å². The van der Waals surface area contributed by atoms with Crippen LogP contribution in [-0.4, -0.2) is 28.6 Å². The average Bonchev–Trinajstić information content (AvgIpc) is 2.77. The molecule has 1 saturated carbocycles. The molecule has 4 nitrogen and oxygen atoms in total. The minimum absolute atomic E-state index is 0.0154. The molecule has 0 saturated heterocycles. The molecule has 1 fully saturated rings. The highest BCUT2D eigenvalue weighted by atomic mass is 19.3. The summed E-state index contributed by atoms with van der Waals surface area (Å²) in [6.45, 7) is 0.292. The second kappa shape index (κ2) is 6.97. The van der Waals surface area contributed by atoms with Crippen LogP contribution in [0.5, 0.6) is 0 Å². The highest BCUT2D eigenvalue weighted by Crippen LogP contribution is 2.39. The zero-order valence-electron chi connectivity index (χ0n) is 13.5. The summed E-state index contributed by atoms with van der Waals surface area (Å²) in [6, 6.07) is 0. The second-order valence-corrected chi connectivity index (χ2v) is 6.84. The summed E-state index contributed by atoms with van der Waals surface area (Å²) in [5, 5.41) is 9.90. The fourth-order valence-corrected chi connectivity index (χ4v) is 3.81. The Hall–Kier alpha value is -1.46. The van der Waals surface area contributed by atoms with E-state index >= 15 is 0 Å². The fraction of sp³-hybridized carbons (Fsp3) is 0.765. The van der Waals surface area contributed by atoms with Crippen molar-refractivity contribution in [3.05, 3.63) is 17.0 Å². The van der Waals surface area contributed by atoms with Gasteiger partial charge >= 0.3 is 0 Å². The molecule has 2 N–H and O–H groups in total. The van der Waals surface area contributed by atoms with E-state index in [2.05, 4.69) is 15.5 Å². The van der Waals surface area contributed by atoms with Gasteiger partial charge in [-0.05, 0) is 44.9 Å². The number of nitrogens with one attached hydrogen (secondary N) is 2. The largest absolute Gasteiger partial charge is 0.351 e. The van der Waals surface area contributed by atoms with Crippen LogP contribution < -0.4 is 5.32 Å². The molecule has 0 aromatic carbocycles. The van der Waals surface area contributed by atoms with Crippen molar-refractivity contribution < 1.29 is 13.6 Å². The third-order valence-corrected chi connectivity index (χ3v) is 5.21. The summed E-state index contributed by atoms with van der Waals surface area (Å²) in [5.74, 6) is -3.41. The van der Waals surface area contributed by atoms with Gasteiger partial charge in [-0.15, -0.1) is 0 Å². The van der Waals surface area contributed by atoms with Gasteiger partial charge in [0.05, 0.1) is 0 Å². The summed E-state index contributed by atoms with van der Waals surface area (Å²) >= 11 is 0. The third-order valence-electron chi connectivity index (χ3n) is 5.21. The van der Waals surface area contributed by atoms with Crippen LogP contribution in [0.25, 0.3) is 0 Å². The minimum atomic E-state index is -2.58. The Kier molecular flexibility index (Phi) is 4.97. The van der Waals surface area contributed by atoms with Crippen LogP contribution in [0.1, 0.15) is 73.1 Å². The molecule has 0 spiro atoms. The lowest BCUT2D eigenvalue weighted by Crippen LogP contribution is -2.35. The normalized spacial score (nSPS) is 23.8. The smallest absolute Gasteiger partial charge is 0.272 e. The summed E-state index contributed by atoms with van der Waals surface area (Å²) < 4.78 is 27.6. The summed E-state index contributed by atoms with van der Waals surface area (Å²) in [5.41, 5.74) is 2.53. The Balaban J connectivity index is 1.55. The number of aryl methyl sites for hydroxylation is 1. The van der Waals surface area contributed by atoms with Crippen molar-refractivity contribution in [2.75, 3.05) is 6.54 Å². The van der Waals surface area contributed by atoms with Crippen molar-refractivity contribution in [3.63, 3.8) is 0 Å². The predicted molar refractivity (Wildman–Crippen MR) is 83.7 cm³/mol. The molecule has 0 radical (unpaired) electrons. The molecule has 1 aromatic heterocycles. The van der Waals surface area contributed by atoms with Gasteiger partial charge in [0, 0.05) is 30.1 Å². The van der Waals surface area contributed by atoms with Crippen molar-refractivity contribution in [1.29, 1.82) is 0 Å². The van der Waals surface area contributed by atoms with Crippen molar-refractivity contribution in [2.24, 2.45) is 5.92 Å². The van der Waals surface area contributed by atoms with Crippen LogP contribution in [0.2, 0.25) is 0 Å². The van der Waals surface area contributed by atoms with E-state index in [4.69, 9.17) is 0 Å². The lowest BCUT2D eigenvalue weighted by Gasteiger charge is -2.31. The lowest BCUT2D eigenvalue weighted by atomic mass is 9.83. The van der Waals surface area contributed by atoms with Gasteiger partial charge in [0.1, 0.15) is 0 Å². The van der Waals surface area contributed by atoms with Gasteiger partial charge in [0.15, 0.2) is 5.69 Å². The molecule has 0 bridgehead atoms. The maximum absolute atomic E-state index is 13.8. The molecule has 0 aliphatic heterocycles. The van der Waals surface area contributed by atoms with E-state index in [1.165, 1.54) is 6.42 Å². The summed E-state index contributed by atoms with van der Waals surface area (Å²) in [6.07, 6.45) is 7.51. The topological polar surface area (TPSA) is 57.8 Å². The number of halogens is 2. The molecular weight excluding hydrogens is 300 g/mol. The average molecular weight is 325 g/mol. The number of carbonyl (C=O) groups is 1. The van der Waals surface area contributed by atoms with E-state index in [1.807, 2.05) is 0 Å². The Morgan fingerprint density at radius 1 is 1.22 bits per heavy atom. The van der Waals surface area contributed by atoms with E-state index in [1.54, 1.807) is 0 Å². The summed E-state index contributed by atoms with van der Waals surface area (Å²) in [7, 11) is 0. The SMILES string of the molecule is O=C(NCCC1CCCCC1(F)F)c1n[nH]c2c1CCCCC2. The quantitative estimate of drug-likeness (QED) is 0.831. The van der Waals surface area contributed by atoms with Crippen LogP contribution in [0, 0.1) is 5.92 Å². The van der Waals surface area contributed by atoms with Gasteiger partial charge in [-0.25, -0.2) is 8.78 Å². The first-order chi connectivity index (χ1) is 11.1. The number of hydrogen-bond donors (Lipinski definition) is 2. The number of alkyl halides is 2. The van der Waals surface area contributed by atoms with Crippen molar-refractivity contribution in [3.8, 4) is 0 Å².